The molecule has 0 unspecified atom stereocenters. The predicted molar refractivity (Wildman–Crippen MR) is 67.7 cm³/mol. The lowest BCUT2D eigenvalue weighted by Gasteiger charge is -2.12. The van der Waals surface area contributed by atoms with Gasteiger partial charge in [-0.25, -0.2) is 4.79 Å². The lowest BCUT2D eigenvalue weighted by molar-refractivity contribution is 0.0697. The van der Waals surface area contributed by atoms with E-state index in [1.165, 1.54) is 12.8 Å². The molecular formula is C14H15NO3. The number of benzene rings is 1. The molecule has 0 saturated carbocycles. The van der Waals surface area contributed by atoms with Gasteiger partial charge in [0.15, 0.2) is 0 Å². The fourth-order valence-electron chi connectivity index (χ4n) is 2.52. The van der Waals surface area contributed by atoms with E-state index in [4.69, 9.17) is 9.52 Å². The first-order valence-electron chi connectivity index (χ1n) is 6.20. The summed E-state index contributed by atoms with van der Waals surface area (Å²) in [6.07, 6.45) is 4.27. The highest BCUT2D eigenvalue weighted by Gasteiger charge is 2.15. The highest BCUT2D eigenvalue weighted by molar-refractivity contribution is 5.93. The zero-order chi connectivity index (χ0) is 12.5. The largest absolute Gasteiger partial charge is 0.478 e. The normalized spacial score (nSPS) is 16.4. The number of fused-ring (bicyclic) bond motifs is 1. The Morgan fingerprint density at radius 1 is 1.33 bits per heavy atom. The standard InChI is InChI=1S/C14H15NO3/c16-14(17)10-3-4-12-11(9-18-13(12)7-10)8-15-5-1-2-6-15/h3-4,7,9H,1-2,5-6,8H2,(H,16,17). The lowest BCUT2D eigenvalue weighted by atomic mass is 10.1. The minimum absolute atomic E-state index is 0.268. The number of rotatable bonds is 3. The second-order valence-corrected chi connectivity index (χ2v) is 4.76. The highest BCUT2D eigenvalue weighted by atomic mass is 16.4. The van der Waals surface area contributed by atoms with Gasteiger partial charge < -0.3 is 9.52 Å². The van der Waals surface area contributed by atoms with Crippen LogP contribution >= 0.6 is 0 Å². The van der Waals surface area contributed by atoms with Crippen LogP contribution in [0.15, 0.2) is 28.9 Å². The van der Waals surface area contributed by atoms with Gasteiger partial charge in [-0.15, -0.1) is 0 Å². The number of aromatic carboxylic acids is 1. The molecule has 1 aliphatic heterocycles. The van der Waals surface area contributed by atoms with Crippen LogP contribution in [0.5, 0.6) is 0 Å². The van der Waals surface area contributed by atoms with Gasteiger partial charge in [-0.1, -0.05) is 0 Å². The maximum atomic E-state index is 10.9. The number of hydrogen-bond donors (Lipinski definition) is 1. The number of hydrogen-bond acceptors (Lipinski definition) is 3. The van der Waals surface area contributed by atoms with E-state index in [0.29, 0.717) is 5.58 Å². The van der Waals surface area contributed by atoms with Crippen LogP contribution in [0.2, 0.25) is 0 Å². The van der Waals surface area contributed by atoms with Gasteiger partial charge in [0.05, 0.1) is 11.8 Å². The molecule has 4 nitrogen and oxygen atoms in total. The lowest BCUT2D eigenvalue weighted by Crippen LogP contribution is -2.17. The van der Waals surface area contributed by atoms with Crippen LogP contribution in [0.4, 0.5) is 0 Å². The Bertz CT molecular complexity index is 582. The number of carboxylic acids is 1. The van der Waals surface area contributed by atoms with Crippen LogP contribution in [0.25, 0.3) is 11.0 Å². The number of carbonyl (C=O) groups is 1. The van der Waals surface area contributed by atoms with Crippen molar-refractivity contribution in [2.75, 3.05) is 13.1 Å². The van der Waals surface area contributed by atoms with Crippen molar-refractivity contribution in [3.63, 3.8) is 0 Å². The van der Waals surface area contributed by atoms with E-state index >= 15 is 0 Å². The van der Waals surface area contributed by atoms with E-state index in [9.17, 15) is 4.79 Å². The zero-order valence-electron chi connectivity index (χ0n) is 10.1. The molecule has 4 heteroatoms. The molecule has 2 heterocycles. The van der Waals surface area contributed by atoms with E-state index in [0.717, 1.165) is 30.6 Å². The molecule has 3 rings (SSSR count). The van der Waals surface area contributed by atoms with Gasteiger partial charge in [0.25, 0.3) is 0 Å². The van der Waals surface area contributed by atoms with Crippen LogP contribution in [0, 0.1) is 0 Å². The first kappa shape index (κ1) is 11.3. The van der Waals surface area contributed by atoms with Crippen LogP contribution in [-0.4, -0.2) is 29.1 Å². The average Bonchev–Trinajstić information content (AvgIpc) is 2.99. The summed E-state index contributed by atoms with van der Waals surface area (Å²) < 4.78 is 5.46. The average molecular weight is 245 g/mol. The fourth-order valence-corrected chi connectivity index (χ4v) is 2.52. The SMILES string of the molecule is O=C(O)c1ccc2c(CN3CCCC3)coc2c1. The van der Waals surface area contributed by atoms with Crippen molar-refractivity contribution in [2.24, 2.45) is 0 Å². The van der Waals surface area contributed by atoms with Gasteiger partial charge in [-0.2, -0.15) is 0 Å². The molecule has 1 aromatic heterocycles. The van der Waals surface area contributed by atoms with Crippen molar-refractivity contribution in [3.05, 3.63) is 35.6 Å². The Morgan fingerprint density at radius 3 is 2.83 bits per heavy atom. The van der Waals surface area contributed by atoms with Gasteiger partial charge in [0, 0.05) is 17.5 Å². The molecule has 94 valence electrons. The summed E-state index contributed by atoms with van der Waals surface area (Å²) in [5.41, 5.74) is 2.07. The molecule has 1 aromatic carbocycles. The molecule has 2 aromatic rings. The molecule has 1 aliphatic rings. The van der Waals surface area contributed by atoms with Crippen molar-refractivity contribution >= 4 is 16.9 Å². The number of furan rings is 1. The summed E-state index contributed by atoms with van der Waals surface area (Å²) in [6, 6.07) is 5.06. The molecule has 0 aliphatic carbocycles. The quantitative estimate of drug-likeness (QED) is 0.903. The first-order valence-corrected chi connectivity index (χ1v) is 6.20. The van der Waals surface area contributed by atoms with Crippen molar-refractivity contribution in [1.29, 1.82) is 0 Å². The van der Waals surface area contributed by atoms with Crippen molar-refractivity contribution in [3.8, 4) is 0 Å². The minimum atomic E-state index is -0.922. The van der Waals surface area contributed by atoms with Crippen LogP contribution < -0.4 is 0 Å². The Labute approximate surface area is 105 Å². The third kappa shape index (κ3) is 1.99. The van der Waals surface area contributed by atoms with E-state index in [2.05, 4.69) is 4.90 Å². The summed E-state index contributed by atoms with van der Waals surface area (Å²) >= 11 is 0. The summed E-state index contributed by atoms with van der Waals surface area (Å²) in [5.74, 6) is -0.922. The van der Waals surface area contributed by atoms with Crippen molar-refractivity contribution in [1.82, 2.24) is 4.90 Å². The molecule has 0 bridgehead atoms. The zero-order valence-corrected chi connectivity index (χ0v) is 10.1. The van der Waals surface area contributed by atoms with Crippen molar-refractivity contribution < 1.29 is 14.3 Å². The van der Waals surface area contributed by atoms with Gasteiger partial charge >= 0.3 is 5.97 Å². The third-order valence-electron chi connectivity index (χ3n) is 3.50. The molecule has 1 saturated heterocycles. The van der Waals surface area contributed by atoms with Gasteiger partial charge in [-0.05, 0) is 44.1 Å². The second kappa shape index (κ2) is 4.46. The molecule has 0 amide bonds. The second-order valence-electron chi connectivity index (χ2n) is 4.76. The van der Waals surface area contributed by atoms with E-state index in [1.807, 2.05) is 6.07 Å². The number of nitrogens with zero attached hydrogens (tertiary/aromatic N) is 1. The van der Waals surface area contributed by atoms with Crippen LogP contribution in [0.3, 0.4) is 0 Å². The number of likely N-dealkylation sites (tertiary alicyclic amines) is 1. The van der Waals surface area contributed by atoms with Gasteiger partial charge in [0.1, 0.15) is 5.58 Å². The number of carboxylic acid groups (broad SMARTS) is 1. The predicted octanol–water partition coefficient (Wildman–Crippen LogP) is 2.73. The Morgan fingerprint density at radius 2 is 2.11 bits per heavy atom. The molecular weight excluding hydrogens is 230 g/mol. The monoisotopic (exact) mass is 245 g/mol. The van der Waals surface area contributed by atoms with E-state index in [1.54, 1.807) is 18.4 Å². The highest BCUT2D eigenvalue weighted by Crippen LogP contribution is 2.24. The van der Waals surface area contributed by atoms with E-state index in [-0.39, 0.29) is 5.56 Å². The molecule has 18 heavy (non-hydrogen) atoms. The smallest absolute Gasteiger partial charge is 0.335 e. The summed E-state index contributed by atoms with van der Waals surface area (Å²) in [7, 11) is 0. The topological polar surface area (TPSA) is 53.7 Å². The Kier molecular flexibility index (Phi) is 2.80. The molecule has 0 atom stereocenters. The maximum absolute atomic E-state index is 10.9. The summed E-state index contributed by atoms with van der Waals surface area (Å²) in [5, 5.41) is 9.95. The van der Waals surface area contributed by atoms with Crippen molar-refractivity contribution in [2.45, 2.75) is 19.4 Å². The van der Waals surface area contributed by atoms with Crippen LogP contribution in [-0.2, 0) is 6.54 Å². The summed E-state index contributed by atoms with van der Waals surface area (Å²) in [4.78, 5) is 13.3. The molecule has 1 fully saturated rings. The molecule has 1 N–H and O–H groups in total. The maximum Gasteiger partial charge on any atom is 0.335 e. The Balaban J connectivity index is 1.91. The Hall–Kier alpha value is -1.81. The van der Waals surface area contributed by atoms with Crippen LogP contribution in [0.1, 0.15) is 28.8 Å². The van der Waals surface area contributed by atoms with Gasteiger partial charge in [-0.3, -0.25) is 4.90 Å². The van der Waals surface area contributed by atoms with Gasteiger partial charge in [0.2, 0.25) is 0 Å². The minimum Gasteiger partial charge on any atom is -0.478 e. The van der Waals surface area contributed by atoms with E-state index < -0.39 is 5.97 Å². The summed E-state index contributed by atoms with van der Waals surface area (Å²) in [6.45, 7) is 3.17. The third-order valence-corrected chi connectivity index (χ3v) is 3.50. The molecule has 0 radical (unpaired) electrons. The first-order chi connectivity index (χ1) is 8.74. The fraction of sp³-hybridized carbons (Fsp3) is 0.357. The molecule has 0 spiro atoms.